The highest BCUT2D eigenvalue weighted by Gasteiger charge is 2.18. The zero-order chi connectivity index (χ0) is 20.5. The summed E-state index contributed by atoms with van der Waals surface area (Å²) in [5.41, 5.74) is 1.17. The highest BCUT2D eigenvalue weighted by Crippen LogP contribution is 2.16. The van der Waals surface area contributed by atoms with Crippen molar-refractivity contribution in [2.45, 2.75) is 19.6 Å². The van der Waals surface area contributed by atoms with E-state index in [4.69, 9.17) is 9.47 Å². The van der Waals surface area contributed by atoms with E-state index in [-0.39, 0.29) is 30.1 Å². The highest BCUT2D eigenvalue weighted by molar-refractivity contribution is 14.0. The number of nitrogens with one attached hydrogen (secondary N) is 1. The first-order valence-corrected chi connectivity index (χ1v) is 10.1. The van der Waals surface area contributed by atoms with E-state index in [0.717, 1.165) is 43.8 Å². The fraction of sp³-hybridized carbons (Fsp3) is 0.455. The van der Waals surface area contributed by atoms with E-state index in [1.807, 2.05) is 49.6 Å². The van der Waals surface area contributed by atoms with Crippen molar-refractivity contribution in [2.75, 3.05) is 51.8 Å². The normalized spacial score (nSPS) is 16.6. The summed E-state index contributed by atoms with van der Waals surface area (Å²) in [6.07, 6.45) is 2.10. The summed E-state index contributed by atoms with van der Waals surface area (Å²) in [6.45, 7) is 6.60. The third-order valence-electron chi connectivity index (χ3n) is 4.84. The maximum Gasteiger partial charge on any atom is 0.193 e. The summed E-state index contributed by atoms with van der Waals surface area (Å²) in [4.78, 5) is 13.3. The highest BCUT2D eigenvalue weighted by atomic mass is 127. The number of ether oxygens (including phenoxy) is 2. The first kappa shape index (κ1) is 24.2. The molecule has 0 amide bonds. The van der Waals surface area contributed by atoms with Crippen molar-refractivity contribution in [2.24, 2.45) is 4.99 Å². The lowest BCUT2D eigenvalue weighted by Crippen LogP contribution is -2.42. The number of anilines is 1. The van der Waals surface area contributed by atoms with Gasteiger partial charge in [-0.2, -0.15) is 0 Å². The van der Waals surface area contributed by atoms with Crippen LogP contribution in [-0.4, -0.2) is 68.9 Å². The molecule has 0 saturated carbocycles. The smallest absolute Gasteiger partial charge is 0.193 e. The summed E-state index contributed by atoms with van der Waals surface area (Å²) >= 11 is 0. The van der Waals surface area contributed by atoms with E-state index in [1.54, 1.807) is 7.05 Å². The van der Waals surface area contributed by atoms with E-state index < -0.39 is 0 Å². The van der Waals surface area contributed by atoms with Crippen LogP contribution in [0.4, 0.5) is 5.82 Å². The zero-order valence-electron chi connectivity index (χ0n) is 18.0. The number of halogens is 1. The molecule has 2 heterocycles. The molecule has 2 aromatic rings. The zero-order valence-corrected chi connectivity index (χ0v) is 20.3. The Labute approximate surface area is 196 Å². The van der Waals surface area contributed by atoms with Gasteiger partial charge in [0.1, 0.15) is 18.2 Å². The van der Waals surface area contributed by atoms with Crippen LogP contribution in [0.3, 0.4) is 0 Å². The molecule has 164 valence electrons. The second-order valence-corrected chi connectivity index (χ2v) is 7.13. The minimum absolute atomic E-state index is 0. The number of rotatable bonds is 7. The second kappa shape index (κ2) is 12.6. The van der Waals surface area contributed by atoms with Crippen LogP contribution >= 0.6 is 24.0 Å². The lowest BCUT2D eigenvalue weighted by Gasteiger charge is -2.32. The molecule has 1 N–H and O–H groups in total. The van der Waals surface area contributed by atoms with Gasteiger partial charge >= 0.3 is 0 Å². The fourth-order valence-electron chi connectivity index (χ4n) is 3.26. The van der Waals surface area contributed by atoms with Crippen LogP contribution in [0, 0.1) is 0 Å². The molecule has 8 heteroatoms. The lowest BCUT2D eigenvalue weighted by molar-refractivity contribution is 0.0529. The van der Waals surface area contributed by atoms with Crippen molar-refractivity contribution < 1.29 is 9.47 Å². The van der Waals surface area contributed by atoms with Crippen molar-refractivity contribution in [3.05, 3.63) is 54.2 Å². The molecule has 30 heavy (non-hydrogen) atoms. The van der Waals surface area contributed by atoms with Gasteiger partial charge in [-0.1, -0.05) is 18.2 Å². The molecule has 1 unspecified atom stereocenters. The monoisotopic (exact) mass is 525 g/mol. The first-order valence-electron chi connectivity index (χ1n) is 10.1. The summed E-state index contributed by atoms with van der Waals surface area (Å²) in [5, 5.41) is 3.42. The first-order chi connectivity index (χ1) is 14.2. The van der Waals surface area contributed by atoms with Crippen LogP contribution in [0.5, 0.6) is 5.75 Å². The average Bonchev–Trinajstić information content (AvgIpc) is 2.75. The predicted octanol–water partition coefficient (Wildman–Crippen LogP) is 3.01. The number of likely N-dealkylation sites (N-methyl/N-ethyl adjacent to an activating group) is 1. The van der Waals surface area contributed by atoms with Gasteiger partial charge in [-0.3, -0.25) is 4.99 Å². The van der Waals surface area contributed by atoms with Crippen molar-refractivity contribution in [3.63, 3.8) is 0 Å². The van der Waals surface area contributed by atoms with Gasteiger partial charge < -0.3 is 24.6 Å². The van der Waals surface area contributed by atoms with Crippen LogP contribution in [0.25, 0.3) is 0 Å². The summed E-state index contributed by atoms with van der Waals surface area (Å²) in [6, 6.07) is 14.0. The SMILES string of the molecule is CN=C(NCc1ccnc(N2CCOC(C)C2)c1)N(C)CCOc1ccccc1.I. The third-order valence-corrected chi connectivity index (χ3v) is 4.84. The minimum atomic E-state index is 0. The Bertz CT molecular complexity index is 790. The number of hydrogen-bond donors (Lipinski definition) is 1. The van der Waals surface area contributed by atoms with Crippen LogP contribution in [-0.2, 0) is 11.3 Å². The summed E-state index contributed by atoms with van der Waals surface area (Å²) in [5.74, 6) is 2.71. The molecular formula is C22H32IN5O2. The molecule has 1 fully saturated rings. The Kier molecular flexibility index (Phi) is 10.2. The standard InChI is InChI=1S/C22H31N5O2.HI/c1-18-17-27(12-14-28-18)21-15-19(9-10-24-21)16-25-22(23-2)26(3)11-13-29-20-7-5-4-6-8-20;/h4-10,15,18H,11-14,16-17H2,1-3H3,(H,23,25);1H. The van der Waals surface area contributed by atoms with Crippen LogP contribution < -0.4 is 15.0 Å². The molecule has 1 saturated heterocycles. The Balaban J connectivity index is 0.00000320. The van der Waals surface area contributed by atoms with Crippen molar-refractivity contribution in [3.8, 4) is 5.75 Å². The molecule has 1 aliphatic rings. The Hall–Kier alpha value is -2.07. The van der Waals surface area contributed by atoms with Gasteiger partial charge in [-0.15, -0.1) is 24.0 Å². The molecule has 7 nitrogen and oxygen atoms in total. The Morgan fingerprint density at radius 1 is 1.33 bits per heavy atom. The van der Waals surface area contributed by atoms with E-state index >= 15 is 0 Å². The number of aromatic nitrogens is 1. The fourth-order valence-corrected chi connectivity index (χ4v) is 3.26. The number of benzene rings is 1. The van der Waals surface area contributed by atoms with Crippen LogP contribution in [0.1, 0.15) is 12.5 Å². The van der Waals surface area contributed by atoms with Gasteiger partial charge in [0.15, 0.2) is 5.96 Å². The Morgan fingerprint density at radius 3 is 2.87 bits per heavy atom. The van der Waals surface area contributed by atoms with E-state index in [9.17, 15) is 0 Å². The molecule has 0 aliphatic carbocycles. The average molecular weight is 525 g/mol. The molecule has 3 rings (SSSR count). The van der Waals surface area contributed by atoms with Gasteiger partial charge in [0.25, 0.3) is 0 Å². The number of para-hydroxylation sites is 1. The van der Waals surface area contributed by atoms with E-state index in [1.165, 1.54) is 5.56 Å². The van der Waals surface area contributed by atoms with E-state index in [0.29, 0.717) is 13.2 Å². The second-order valence-electron chi connectivity index (χ2n) is 7.13. The van der Waals surface area contributed by atoms with Gasteiger partial charge in [0, 0.05) is 39.9 Å². The number of aliphatic imine (C=N–C) groups is 1. The molecule has 0 spiro atoms. The van der Waals surface area contributed by atoms with Crippen LogP contribution in [0.2, 0.25) is 0 Å². The van der Waals surface area contributed by atoms with Crippen molar-refractivity contribution in [1.82, 2.24) is 15.2 Å². The molecule has 1 aromatic carbocycles. The molecule has 0 bridgehead atoms. The number of hydrogen-bond acceptors (Lipinski definition) is 5. The van der Waals surface area contributed by atoms with Gasteiger partial charge in [0.2, 0.25) is 0 Å². The molecule has 1 aromatic heterocycles. The maximum atomic E-state index is 5.78. The maximum absolute atomic E-state index is 5.78. The summed E-state index contributed by atoms with van der Waals surface area (Å²) < 4.78 is 11.4. The van der Waals surface area contributed by atoms with E-state index in [2.05, 4.69) is 38.1 Å². The Morgan fingerprint density at radius 2 is 2.13 bits per heavy atom. The van der Waals surface area contributed by atoms with Crippen LogP contribution in [0.15, 0.2) is 53.7 Å². The number of pyridine rings is 1. The van der Waals surface area contributed by atoms with Crippen molar-refractivity contribution >= 4 is 35.8 Å². The molecule has 1 atom stereocenters. The molecule has 1 aliphatic heterocycles. The quantitative estimate of drug-likeness (QED) is 0.341. The van der Waals surface area contributed by atoms with Crippen molar-refractivity contribution in [1.29, 1.82) is 0 Å². The number of guanidine groups is 1. The third kappa shape index (κ3) is 7.32. The predicted molar refractivity (Wildman–Crippen MR) is 132 cm³/mol. The molecular weight excluding hydrogens is 493 g/mol. The van der Waals surface area contributed by atoms with Gasteiger partial charge in [-0.25, -0.2) is 4.98 Å². The number of morpholine rings is 1. The number of nitrogens with zero attached hydrogens (tertiary/aromatic N) is 4. The topological polar surface area (TPSA) is 62.2 Å². The summed E-state index contributed by atoms with van der Waals surface area (Å²) in [7, 11) is 3.81. The van der Waals surface area contributed by atoms with Gasteiger partial charge in [-0.05, 0) is 36.8 Å². The molecule has 0 radical (unpaired) electrons. The largest absolute Gasteiger partial charge is 0.492 e. The van der Waals surface area contributed by atoms with Gasteiger partial charge in [0.05, 0.1) is 19.3 Å². The lowest BCUT2D eigenvalue weighted by atomic mass is 10.2. The minimum Gasteiger partial charge on any atom is -0.492 e.